The van der Waals surface area contributed by atoms with Crippen molar-refractivity contribution in [2.75, 3.05) is 5.32 Å². The molecule has 2 heterocycles. The van der Waals surface area contributed by atoms with Gasteiger partial charge in [0.1, 0.15) is 10.6 Å². The van der Waals surface area contributed by atoms with E-state index in [2.05, 4.69) is 15.3 Å². The van der Waals surface area contributed by atoms with Gasteiger partial charge in [0.25, 0.3) is 5.91 Å². The van der Waals surface area contributed by atoms with Crippen molar-refractivity contribution in [3.05, 3.63) is 40.1 Å². The SMILES string of the molecule is Cc1ncsc1C(=O)Nc1ccc(C(=O)O)nc1. The minimum Gasteiger partial charge on any atom is -0.477 e. The fourth-order valence-electron chi connectivity index (χ4n) is 1.30. The van der Waals surface area contributed by atoms with Crippen molar-refractivity contribution in [3.63, 3.8) is 0 Å². The molecule has 92 valence electrons. The summed E-state index contributed by atoms with van der Waals surface area (Å²) in [5, 5.41) is 11.3. The summed E-state index contributed by atoms with van der Waals surface area (Å²) in [7, 11) is 0. The molecule has 0 aromatic carbocycles. The number of carboxylic acids is 1. The summed E-state index contributed by atoms with van der Waals surface area (Å²) >= 11 is 1.25. The smallest absolute Gasteiger partial charge is 0.354 e. The van der Waals surface area contributed by atoms with Crippen LogP contribution in [0.15, 0.2) is 23.8 Å². The first-order chi connectivity index (χ1) is 8.58. The molecule has 0 aliphatic heterocycles. The molecule has 7 heteroatoms. The molecule has 2 rings (SSSR count). The Hall–Kier alpha value is -2.28. The van der Waals surface area contributed by atoms with Gasteiger partial charge in [-0.25, -0.2) is 14.8 Å². The van der Waals surface area contributed by atoms with Crippen molar-refractivity contribution in [3.8, 4) is 0 Å². The molecule has 0 fully saturated rings. The number of thiazole rings is 1. The molecule has 18 heavy (non-hydrogen) atoms. The zero-order chi connectivity index (χ0) is 13.1. The summed E-state index contributed by atoms with van der Waals surface area (Å²) < 4.78 is 0. The zero-order valence-corrected chi connectivity index (χ0v) is 10.2. The average Bonchev–Trinajstić information content (AvgIpc) is 2.76. The van der Waals surface area contributed by atoms with Crippen LogP contribution in [0.2, 0.25) is 0 Å². The van der Waals surface area contributed by atoms with Crippen molar-refractivity contribution < 1.29 is 14.7 Å². The number of aromatic nitrogens is 2. The number of carbonyl (C=O) groups is 2. The van der Waals surface area contributed by atoms with Crippen LogP contribution in [0.25, 0.3) is 0 Å². The van der Waals surface area contributed by atoms with Gasteiger partial charge in [0.2, 0.25) is 0 Å². The van der Waals surface area contributed by atoms with Crippen LogP contribution in [0.1, 0.15) is 25.9 Å². The van der Waals surface area contributed by atoms with Crippen LogP contribution in [0.5, 0.6) is 0 Å². The minimum absolute atomic E-state index is 0.0676. The molecule has 0 aliphatic rings. The van der Waals surface area contributed by atoms with E-state index in [1.165, 1.54) is 29.7 Å². The van der Waals surface area contributed by atoms with Gasteiger partial charge in [-0.2, -0.15) is 0 Å². The van der Waals surface area contributed by atoms with Gasteiger partial charge in [-0.05, 0) is 19.1 Å². The van der Waals surface area contributed by atoms with Gasteiger partial charge in [0, 0.05) is 0 Å². The van der Waals surface area contributed by atoms with Crippen molar-refractivity contribution in [2.45, 2.75) is 6.92 Å². The highest BCUT2D eigenvalue weighted by Crippen LogP contribution is 2.15. The number of aromatic carboxylic acids is 1. The van der Waals surface area contributed by atoms with Crippen LogP contribution < -0.4 is 5.32 Å². The molecule has 0 radical (unpaired) electrons. The van der Waals surface area contributed by atoms with Crippen molar-refractivity contribution >= 4 is 28.9 Å². The predicted octanol–water partition coefficient (Wildman–Crippen LogP) is 1.80. The third kappa shape index (κ3) is 2.51. The third-order valence-corrected chi connectivity index (χ3v) is 3.12. The van der Waals surface area contributed by atoms with Crippen LogP contribution in [0.4, 0.5) is 5.69 Å². The molecule has 2 aromatic rings. The van der Waals surface area contributed by atoms with Gasteiger partial charge >= 0.3 is 5.97 Å². The lowest BCUT2D eigenvalue weighted by atomic mass is 10.3. The van der Waals surface area contributed by atoms with Gasteiger partial charge < -0.3 is 10.4 Å². The minimum atomic E-state index is -1.11. The van der Waals surface area contributed by atoms with E-state index in [4.69, 9.17) is 5.11 Å². The number of carbonyl (C=O) groups excluding carboxylic acids is 1. The molecule has 0 aliphatic carbocycles. The number of anilines is 1. The number of hydrogen-bond acceptors (Lipinski definition) is 5. The number of nitrogens with zero attached hydrogens (tertiary/aromatic N) is 2. The van der Waals surface area contributed by atoms with Crippen molar-refractivity contribution in [1.82, 2.24) is 9.97 Å². The average molecular weight is 263 g/mol. The fraction of sp³-hybridized carbons (Fsp3) is 0.0909. The highest BCUT2D eigenvalue weighted by Gasteiger charge is 2.12. The van der Waals surface area contributed by atoms with Gasteiger partial charge in [0.15, 0.2) is 0 Å². The Morgan fingerprint density at radius 3 is 2.61 bits per heavy atom. The molecule has 2 aromatic heterocycles. The molecular weight excluding hydrogens is 254 g/mol. The van der Waals surface area contributed by atoms with E-state index in [1.54, 1.807) is 12.4 Å². The number of hydrogen-bond donors (Lipinski definition) is 2. The lowest BCUT2D eigenvalue weighted by Crippen LogP contribution is -2.12. The molecule has 1 amide bonds. The molecular formula is C11H9N3O3S. The van der Waals surface area contributed by atoms with Crippen LogP contribution in [0.3, 0.4) is 0 Å². The van der Waals surface area contributed by atoms with E-state index < -0.39 is 5.97 Å². The standard InChI is InChI=1S/C11H9N3O3S/c1-6-9(18-5-13-6)10(15)14-7-2-3-8(11(16)17)12-4-7/h2-5H,1H3,(H,14,15)(H,16,17). The van der Waals surface area contributed by atoms with E-state index in [0.717, 1.165) is 0 Å². The fourth-order valence-corrected chi connectivity index (χ4v) is 2.00. The molecule has 0 unspecified atom stereocenters. The molecule has 2 N–H and O–H groups in total. The Kier molecular flexibility index (Phi) is 3.33. The quantitative estimate of drug-likeness (QED) is 0.880. The van der Waals surface area contributed by atoms with Crippen molar-refractivity contribution in [1.29, 1.82) is 0 Å². The first kappa shape index (κ1) is 12.2. The van der Waals surface area contributed by atoms with Gasteiger partial charge in [-0.1, -0.05) is 0 Å². The maximum absolute atomic E-state index is 11.8. The Labute approximate surface area is 106 Å². The monoisotopic (exact) mass is 263 g/mol. The highest BCUT2D eigenvalue weighted by atomic mass is 32.1. The Morgan fingerprint density at radius 1 is 1.33 bits per heavy atom. The third-order valence-electron chi connectivity index (χ3n) is 2.19. The molecule has 0 atom stereocenters. The lowest BCUT2D eigenvalue weighted by Gasteiger charge is -2.03. The first-order valence-electron chi connectivity index (χ1n) is 4.98. The second kappa shape index (κ2) is 4.92. The maximum atomic E-state index is 11.8. The predicted molar refractivity (Wildman–Crippen MR) is 66.0 cm³/mol. The molecule has 0 saturated heterocycles. The normalized spacial score (nSPS) is 10.1. The number of pyridine rings is 1. The number of aryl methyl sites for hydroxylation is 1. The molecule has 0 bridgehead atoms. The maximum Gasteiger partial charge on any atom is 0.354 e. The summed E-state index contributed by atoms with van der Waals surface area (Å²) in [5.41, 5.74) is 2.63. The second-order valence-corrected chi connectivity index (χ2v) is 4.31. The lowest BCUT2D eigenvalue weighted by molar-refractivity contribution is 0.0690. The van der Waals surface area contributed by atoms with E-state index in [0.29, 0.717) is 16.3 Å². The Bertz CT molecular complexity index is 592. The van der Waals surface area contributed by atoms with Crippen LogP contribution in [-0.2, 0) is 0 Å². The largest absolute Gasteiger partial charge is 0.477 e. The molecule has 0 saturated carbocycles. The van der Waals surface area contributed by atoms with Crippen LogP contribution >= 0.6 is 11.3 Å². The molecule has 0 spiro atoms. The van der Waals surface area contributed by atoms with Crippen molar-refractivity contribution in [2.24, 2.45) is 0 Å². The topological polar surface area (TPSA) is 92.2 Å². The van der Waals surface area contributed by atoms with Gasteiger partial charge in [0.05, 0.1) is 23.1 Å². The number of nitrogens with one attached hydrogen (secondary N) is 1. The summed E-state index contributed by atoms with van der Waals surface area (Å²) in [6.45, 7) is 1.75. The van der Waals surface area contributed by atoms with E-state index >= 15 is 0 Å². The molecule has 6 nitrogen and oxygen atoms in total. The number of rotatable bonds is 3. The summed E-state index contributed by atoms with van der Waals surface area (Å²) in [5.74, 6) is -1.38. The first-order valence-corrected chi connectivity index (χ1v) is 5.86. The zero-order valence-electron chi connectivity index (χ0n) is 9.38. The van der Waals surface area contributed by atoms with E-state index in [-0.39, 0.29) is 11.6 Å². The van der Waals surface area contributed by atoms with Crippen LogP contribution in [0, 0.1) is 6.92 Å². The van der Waals surface area contributed by atoms with E-state index in [9.17, 15) is 9.59 Å². The number of carboxylic acid groups (broad SMARTS) is 1. The second-order valence-electron chi connectivity index (χ2n) is 3.46. The Morgan fingerprint density at radius 2 is 2.11 bits per heavy atom. The number of amides is 1. The van der Waals surface area contributed by atoms with Gasteiger partial charge in [-0.3, -0.25) is 4.79 Å². The summed E-state index contributed by atoms with van der Waals surface area (Å²) in [6.07, 6.45) is 1.30. The van der Waals surface area contributed by atoms with Gasteiger partial charge in [-0.15, -0.1) is 11.3 Å². The van der Waals surface area contributed by atoms with Crippen LogP contribution in [-0.4, -0.2) is 27.0 Å². The Balaban J connectivity index is 2.13. The van der Waals surface area contributed by atoms with E-state index in [1.807, 2.05) is 0 Å². The summed E-state index contributed by atoms with van der Waals surface area (Å²) in [4.78, 5) is 30.7. The summed E-state index contributed by atoms with van der Waals surface area (Å²) in [6, 6.07) is 2.82. The highest BCUT2D eigenvalue weighted by molar-refractivity contribution is 7.12.